The molecule has 26 heavy (non-hydrogen) atoms. The van der Waals surface area contributed by atoms with Crippen LogP contribution in [0.25, 0.3) is 0 Å². The summed E-state index contributed by atoms with van der Waals surface area (Å²) in [6.07, 6.45) is 0. The Morgan fingerprint density at radius 3 is 2.27 bits per heavy atom. The van der Waals surface area contributed by atoms with E-state index in [4.69, 9.17) is 0 Å². The molecule has 140 valence electrons. The largest absolute Gasteiger partial charge is 0.502 e. The van der Waals surface area contributed by atoms with Gasteiger partial charge in [0.25, 0.3) is 10.0 Å². The van der Waals surface area contributed by atoms with Crippen LogP contribution in [0.15, 0.2) is 52.3 Å². The number of aromatic hydroxyl groups is 1. The van der Waals surface area contributed by atoms with Gasteiger partial charge in [0.05, 0.1) is 20.4 Å². The molecule has 0 atom stereocenters. The number of phenols is 1. The van der Waals surface area contributed by atoms with E-state index < -0.39 is 41.3 Å². The fourth-order valence-electron chi connectivity index (χ4n) is 1.96. The monoisotopic (exact) mass is 401 g/mol. The third-order valence-electron chi connectivity index (χ3n) is 3.32. The predicted molar refractivity (Wildman–Crippen MR) is 92.9 cm³/mol. The van der Waals surface area contributed by atoms with Crippen molar-refractivity contribution in [1.82, 2.24) is 4.31 Å². The van der Waals surface area contributed by atoms with Crippen LogP contribution < -0.4 is 4.72 Å². The number of sulfonamides is 2. The van der Waals surface area contributed by atoms with Gasteiger partial charge in [0.15, 0.2) is 5.75 Å². The minimum atomic E-state index is -4.24. The summed E-state index contributed by atoms with van der Waals surface area (Å²) < 4.78 is 52.2. The fourth-order valence-corrected chi connectivity index (χ4v) is 3.98. The number of nitro groups is 1. The third-order valence-corrected chi connectivity index (χ3v) is 6.51. The van der Waals surface area contributed by atoms with Crippen LogP contribution in [0, 0.1) is 10.1 Å². The van der Waals surface area contributed by atoms with Crippen molar-refractivity contribution in [2.75, 3.05) is 18.8 Å². The van der Waals surface area contributed by atoms with E-state index in [2.05, 4.69) is 4.72 Å². The topological polar surface area (TPSA) is 147 Å². The Morgan fingerprint density at radius 1 is 1.04 bits per heavy atom. The molecular weight excluding hydrogens is 386 g/mol. The third kappa shape index (κ3) is 3.92. The Morgan fingerprint density at radius 2 is 1.69 bits per heavy atom. The van der Waals surface area contributed by atoms with E-state index in [-0.39, 0.29) is 10.6 Å². The molecule has 0 spiro atoms. The Kier molecular flexibility index (Phi) is 5.21. The molecule has 0 aliphatic carbocycles. The van der Waals surface area contributed by atoms with Crippen molar-refractivity contribution in [1.29, 1.82) is 0 Å². The zero-order chi connectivity index (χ0) is 19.7. The molecule has 2 aromatic carbocycles. The number of anilines is 1. The lowest BCUT2D eigenvalue weighted by molar-refractivity contribution is -0.386. The second-order valence-electron chi connectivity index (χ2n) is 5.33. The van der Waals surface area contributed by atoms with Crippen molar-refractivity contribution in [3.05, 3.63) is 52.6 Å². The summed E-state index contributed by atoms with van der Waals surface area (Å²) in [7, 11) is -5.34. The Labute approximate surface area is 149 Å². The van der Waals surface area contributed by atoms with Gasteiger partial charge < -0.3 is 5.11 Å². The highest BCUT2D eigenvalue weighted by atomic mass is 32.2. The first-order valence-electron chi connectivity index (χ1n) is 6.98. The van der Waals surface area contributed by atoms with Gasteiger partial charge in [-0.1, -0.05) is 6.07 Å². The minimum absolute atomic E-state index is 0.0383. The molecule has 0 saturated heterocycles. The molecule has 0 heterocycles. The molecule has 10 nitrogen and oxygen atoms in total. The second-order valence-corrected chi connectivity index (χ2v) is 9.16. The summed E-state index contributed by atoms with van der Waals surface area (Å²) in [5, 5.41) is 20.2. The van der Waals surface area contributed by atoms with E-state index in [0.29, 0.717) is 6.07 Å². The van der Waals surface area contributed by atoms with Crippen LogP contribution in [-0.2, 0) is 20.0 Å². The first-order chi connectivity index (χ1) is 11.9. The summed E-state index contributed by atoms with van der Waals surface area (Å²) in [5.41, 5.74) is -0.805. The molecule has 2 aromatic rings. The highest BCUT2D eigenvalue weighted by Gasteiger charge is 2.22. The maximum atomic E-state index is 12.4. The normalized spacial score (nSPS) is 12.1. The number of nitrogens with zero attached hydrogens (tertiary/aromatic N) is 2. The first-order valence-corrected chi connectivity index (χ1v) is 9.90. The first kappa shape index (κ1) is 19.6. The van der Waals surface area contributed by atoms with E-state index in [1.54, 1.807) is 0 Å². The average Bonchev–Trinajstić information content (AvgIpc) is 2.54. The van der Waals surface area contributed by atoms with Crippen LogP contribution >= 0.6 is 0 Å². The van der Waals surface area contributed by atoms with Gasteiger partial charge in [-0.25, -0.2) is 21.1 Å². The number of nitro benzene ring substituents is 1. The van der Waals surface area contributed by atoms with Crippen LogP contribution in [0.5, 0.6) is 5.75 Å². The van der Waals surface area contributed by atoms with E-state index in [1.165, 1.54) is 32.3 Å². The summed E-state index contributed by atoms with van der Waals surface area (Å²) >= 11 is 0. The summed E-state index contributed by atoms with van der Waals surface area (Å²) in [6.45, 7) is 0. The molecule has 0 aliphatic rings. The van der Waals surface area contributed by atoms with Crippen molar-refractivity contribution in [3.63, 3.8) is 0 Å². The van der Waals surface area contributed by atoms with Gasteiger partial charge in [-0.15, -0.1) is 0 Å². The predicted octanol–water partition coefficient (Wildman–Crippen LogP) is 1.35. The van der Waals surface area contributed by atoms with Crippen molar-refractivity contribution in [3.8, 4) is 5.75 Å². The summed E-state index contributed by atoms with van der Waals surface area (Å²) in [5.74, 6) is -0.673. The average molecular weight is 401 g/mol. The number of benzene rings is 2. The van der Waals surface area contributed by atoms with Gasteiger partial charge in [-0.2, -0.15) is 0 Å². The van der Waals surface area contributed by atoms with Crippen LogP contribution in [0.1, 0.15) is 0 Å². The van der Waals surface area contributed by atoms with Gasteiger partial charge >= 0.3 is 5.69 Å². The molecule has 2 N–H and O–H groups in total. The Bertz CT molecular complexity index is 1060. The summed E-state index contributed by atoms with van der Waals surface area (Å²) in [4.78, 5) is 9.34. The van der Waals surface area contributed by atoms with Crippen molar-refractivity contribution in [2.24, 2.45) is 0 Å². The number of hydrogen-bond donors (Lipinski definition) is 2. The molecule has 2 rings (SSSR count). The Balaban J connectivity index is 2.42. The lowest BCUT2D eigenvalue weighted by Crippen LogP contribution is -2.22. The fraction of sp³-hybridized carbons (Fsp3) is 0.143. The SMILES string of the molecule is CN(C)S(=O)(=O)c1cccc(NS(=O)(=O)c2ccc(O)c([N+](=O)[O-])c2)c1. The standard InChI is InChI=1S/C14H15N3O7S2/c1-16(2)26(23,24)12-5-3-4-10(8-12)15-25(21,22)11-6-7-14(18)13(9-11)17(19)20/h3-9,15,18H,1-2H3. The van der Waals surface area contributed by atoms with E-state index >= 15 is 0 Å². The van der Waals surface area contributed by atoms with E-state index in [9.17, 15) is 32.1 Å². The lowest BCUT2D eigenvalue weighted by atomic mass is 10.3. The quantitative estimate of drug-likeness (QED) is 0.548. The number of rotatable bonds is 6. The van der Waals surface area contributed by atoms with Crippen LogP contribution in [-0.4, -0.2) is 45.3 Å². The summed E-state index contributed by atoms with van der Waals surface area (Å²) in [6, 6.07) is 7.71. The van der Waals surface area contributed by atoms with Crippen LogP contribution in [0.2, 0.25) is 0 Å². The van der Waals surface area contributed by atoms with Crippen molar-refractivity contribution < 1.29 is 26.9 Å². The van der Waals surface area contributed by atoms with Gasteiger partial charge in [0.1, 0.15) is 0 Å². The molecule has 0 aliphatic heterocycles. The number of nitrogens with one attached hydrogen (secondary N) is 1. The van der Waals surface area contributed by atoms with Crippen molar-refractivity contribution in [2.45, 2.75) is 9.79 Å². The smallest absolute Gasteiger partial charge is 0.312 e. The molecule has 0 unspecified atom stereocenters. The van der Waals surface area contributed by atoms with Crippen LogP contribution in [0.4, 0.5) is 11.4 Å². The van der Waals surface area contributed by atoms with E-state index in [0.717, 1.165) is 22.5 Å². The van der Waals surface area contributed by atoms with Gasteiger partial charge in [-0.05, 0) is 30.3 Å². The highest BCUT2D eigenvalue weighted by molar-refractivity contribution is 7.92. The molecular formula is C14H15N3O7S2. The molecule has 0 fully saturated rings. The van der Waals surface area contributed by atoms with Gasteiger partial charge in [0.2, 0.25) is 10.0 Å². The zero-order valence-corrected chi connectivity index (χ0v) is 15.3. The van der Waals surface area contributed by atoms with Crippen LogP contribution in [0.3, 0.4) is 0 Å². The molecule has 0 radical (unpaired) electrons. The molecule has 0 amide bonds. The second kappa shape index (κ2) is 6.90. The molecule has 0 aromatic heterocycles. The maximum Gasteiger partial charge on any atom is 0.312 e. The zero-order valence-electron chi connectivity index (χ0n) is 13.6. The number of phenolic OH excluding ortho intramolecular Hbond substituents is 1. The Hall–Kier alpha value is -2.70. The molecule has 12 heteroatoms. The van der Waals surface area contributed by atoms with Gasteiger partial charge in [-0.3, -0.25) is 14.8 Å². The minimum Gasteiger partial charge on any atom is -0.502 e. The maximum absolute atomic E-state index is 12.4. The number of hydrogen-bond acceptors (Lipinski definition) is 7. The van der Waals surface area contributed by atoms with Gasteiger partial charge in [0, 0.05) is 20.2 Å². The molecule has 0 saturated carbocycles. The van der Waals surface area contributed by atoms with Crippen molar-refractivity contribution >= 4 is 31.4 Å². The molecule has 0 bridgehead atoms. The highest BCUT2D eigenvalue weighted by Crippen LogP contribution is 2.29. The van der Waals surface area contributed by atoms with E-state index in [1.807, 2.05) is 0 Å². The lowest BCUT2D eigenvalue weighted by Gasteiger charge is -2.13.